The summed E-state index contributed by atoms with van der Waals surface area (Å²) >= 11 is 0. The molecule has 86 valence electrons. The topological polar surface area (TPSA) is 80.7 Å². The third-order valence-electron chi connectivity index (χ3n) is 1.81. The minimum Gasteiger partial charge on any atom is -0.593 e. The molecule has 0 radical (unpaired) electrons. The van der Waals surface area contributed by atoms with E-state index in [-0.39, 0.29) is 17.2 Å². The van der Waals surface area contributed by atoms with Gasteiger partial charge in [0.05, 0.1) is 18.3 Å². The molecule has 6 nitrogen and oxygen atoms in total. The number of terminal acetylenes is 1. The van der Waals surface area contributed by atoms with E-state index in [0.717, 1.165) is 0 Å². The fourth-order valence-electron chi connectivity index (χ4n) is 1.11. The van der Waals surface area contributed by atoms with Gasteiger partial charge in [0.25, 0.3) is 6.19 Å². The van der Waals surface area contributed by atoms with Gasteiger partial charge in [0.2, 0.25) is 5.69 Å². The maximum Gasteiger partial charge on any atom is 0.274 e. The Balaban J connectivity index is 3.05. The van der Waals surface area contributed by atoms with E-state index < -0.39 is 0 Å². The van der Waals surface area contributed by atoms with Gasteiger partial charge in [0, 0.05) is 6.07 Å². The Bertz CT molecular complexity index is 512. The Morgan fingerprint density at radius 2 is 2.29 bits per heavy atom. The van der Waals surface area contributed by atoms with Crippen LogP contribution in [0.15, 0.2) is 23.3 Å². The van der Waals surface area contributed by atoms with Crippen molar-refractivity contribution in [2.75, 3.05) is 13.7 Å². The van der Waals surface area contributed by atoms with Gasteiger partial charge < -0.3 is 14.7 Å². The number of nitrogens with zero attached hydrogens (tertiary/aromatic N) is 3. The standard InChI is InChI=1S/C11H9N3O3/c1-3-6-17-10-5-4-9(7-11(10)16-2)14(15)13-8-12/h1,4-5,7H,6H2,2H3/b14-13-. The van der Waals surface area contributed by atoms with Crippen LogP contribution in [0.2, 0.25) is 0 Å². The summed E-state index contributed by atoms with van der Waals surface area (Å²) in [7, 11) is 1.43. The SMILES string of the molecule is C#CCOc1ccc(/[N+]([O-])=N/C#N)cc1OC. The van der Waals surface area contributed by atoms with Crippen molar-refractivity contribution < 1.29 is 14.3 Å². The molecule has 0 heterocycles. The molecule has 17 heavy (non-hydrogen) atoms. The van der Waals surface area contributed by atoms with Gasteiger partial charge in [-0.15, -0.1) is 6.42 Å². The van der Waals surface area contributed by atoms with Crippen LogP contribution < -0.4 is 9.47 Å². The van der Waals surface area contributed by atoms with Crippen LogP contribution in [0.3, 0.4) is 0 Å². The van der Waals surface area contributed by atoms with Crippen molar-refractivity contribution in [3.05, 3.63) is 23.4 Å². The van der Waals surface area contributed by atoms with E-state index in [9.17, 15) is 5.21 Å². The summed E-state index contributed by atoms with van der Waals surface area (Å²) in [6.07, 6.45) is 6.45. The van der Waals surface area contributed by atoms with Crippen molar-refractivity contribution in [1.29, 1.82) is 5.26 Å². The molecule has 0 bridgehead atoms. The zero-order valence-corrected chi connectivity index (χ0v) is 9.08. The Morgan fingerprint density at radius 3 is 2.88 bits per heavy atom. The molecule has 1 aromatic carbocycles. The predicted octanol–water partition coefficient (Wildman–Crippen LogP) is 1.78. The lowest BCUT2D eigenvalue weighted by Gasteiger charge is -2.08. The number of benzene rings is 1. The summed E-state index contributed by atoms with van der Waals surface area (Å²) in [5.41, 5.74) is 0.163. The lowest BCUT2D eigenvalue weighted by Crippen LogP contribution is -1.98. The number of ether oxygens (including phenoxy) is 2. The second-order valence-electron chi connectivity index (χ2n) is 2.80. The van der Waals surface area contributed by atoms with Crippen LogP contribution in [0.25, 0.3) is 0 Å². The molecule has 0 aliphatic heterocycles. The molecule has 0 atom stereocenters. The predicted molar refractivity (Wildman–Crippen MR) is 58.7 cm³/mol. The number of methoxy groups -OCH3 is 1. The quantitative estimate of drug-likeness (QED) is 0.260. The van der Waals surface area contributed by atoms with Crippen LogP contribution in [-0.4, -0.2) is 18.6 Å². The summed E-state index contributed by atoms with van der Waals surface area (Å²) in [6, 6.07) is 4.37. The second kappa shape index (κ2) is 5.99. The smallest absolute Gasteiger partial charge is 0.274 e. The highest BCUT2D eigenvalue weighted by Gasteiger charge is 2.11. The van der Waals surface area contributed by atoms with Crippen molar-refractivity contribution in [3.63, 3.8) is 0 Å². The van der Waals surface area contributed by atoms with Gasteiger partial charge in [-0.25, -0.2) is 0 Å². The first-order valence-corrected chi connectivity index (χ1v) is 4.54. The molecule has 0 saturated carbocycles. The van der Waals surface area contributed by atoms with Crippen LogP contribution in [0, 0.1) is 29.0 Å². The minimum absolute atomic E-state index is 0.0966. The first kappa shape index (κ1) is 12.3. The number of hydrogen-bond acceptors (Lipinski definition) is 5. The second-order valence-corrected chi connectivity index (χ2v) is 2.80. The van der Waals surface area contributed by atoms with Gasteiger partial charge >= 0.3 is 0 Å². The normalized spacial score (nSPS) is 10.2. The molecule has 0 aromatic heterocycles. The van der Waals surface area contributed by atoms with E-state index in [2.05, 4.69) is 11.0 Å². The maximum absolute atomic E-state index is 11.2. The molecule has 1 rings (SSSR count). The van der Waals surface area contributed by atoms with Gasteiger partial charge in [-0.1, -0.05) is 5.92 Å². The summed E-state index contributed by atoms with van der Waals surface area (Å²) in [6.45, 7) is 0.0966. The fourth-order valence-corrected chi connectivity index (χ4v) is 1.11. The molecular formula is C11H9N3O3. The third kappa shape index (κ3) is 3.11. The van der Waals surface area contributed by atoms with Crippen molar-refractivity contribution in [3.8, 4) is 30.0 Å². The van der Waals surface area contributed by atoms with E-state index >= 15 is 0 Å². The lowest BCUT2D eigenvalue weighted by atomic mass is 10.3. The molecule has 0 amide bonds. The number of azo groups is 1. The van der Waals surface area contributed by atoms with Crippen molar-refractivity contribution in [1.82, 2.24) is 0 Å². The Hall–Kier alpha value is -2.73. The van der Waals surface area contributed by atoms with E-state index in [1.165, 1.54) is 31.5 Å². The zero-order valence-electron chi connectivity index (χ0n) is 9.08. The minimum atomic E-state index is 0.0966. The molecule has 0 fully saturated rings. The zero-order chi connectivity index (χ0) is 12.7. The first-order chi connectivity index (χ1) is 8.22. The highest BCUT2D eigenvalue weighted by atomic mass is 16.5. The fraction of sp³-hybridized carbons (Fsp3) is 0.182. The van der Waals surface area contributed by atoms with Crippen molar-refractivity contribution in [2.24, 2.45) is 5.11 Å². The van der Waals surface area contributed by atoms with E-state index in [4.69, 9.17) is 21.2 Å². The molecule has 0 aliphatic carbocycles. The van der Waals surface area contributed by atoms with Crippen LogP contribution in [0.4, 0.5) is 5.69 Å². The Kier molecular flexibility index (Phi) is 4.34. The summed E-state index contributed by atoms with van der Waals surface area (Å²) in [4.78, 5) is 0.188. The van der Waals surface area contributed by atoms with Crippen LogP contribution in [0.1, 0.15) is 0 Å². The molecule has 0 N–H and O–H groups in total. The molecular weight excluding hydrogens is 222 g/mol. The monoisotopic (exact) mass is 231 g/mol. The molecule has 1 aromatic rings. The maximum atomic E-state index is 11.2. The summed E-state index contributed by atoms with van der Waals surface area (Å²) in [5.74, 6) is 3.07. The molecule has 6 heteroatoms. The highest BCUT2D eigenvalue weighted by molar-refractivity contribution is 5.48. The van der Waals surface area contributed by atoms with Crippen molar-refractivity contribution >= 4 is 5.69 Å². The van der Waals surface area contributed by atoms with Crippen molar-refractivity contribution in [2.45, 2.75) is 0 Å². The largest absolute Gasteiger partial charge is 0.593 e. The third-order valence-corrected chi connectivity index (χ3v) is 1.81. The van der Waals surface area contributed by atoms with Crippen LogP contribution >= 0.6 is 0 Å². The van der Waals surface area contributed by atoms with Gasteiger partial charge in [-0.3, -0.25) is 0 Å². The molecule has 0 unspecified atom stereocenters. The number of rotatable bonds is 4. The van der Waals surface area contributed by atoms with Gasteiger partial charge in [0.15, 0.2) is 11.5 Å². The van der Waals surface area contributed by atoms with E-state index in [0.29, 0.717) is 11.5 Å². The Morgan fingerprint density at radius 1 is 1.53 bits per heavy atom. The first-order valence-electron chi connectivity index (χ1n) is 4.54. The van der Waals surface area contributed by atoms with Gasteiger partial charge in [-0.2, -0.15) is 5.26 Å². The number of hydrogen-bond donors (Lipinski definition) is 0. The van der Waals surface area contributed by atoms with Crippen LogP contribution in [0.5, 0.6) is 11.5 Å². The average Bonchev–Trinajstić information content (AvgIpc) is 2.36. The lowest BCUT2D eigenvalue weighted by molar-refractivity contribution is -0.435. The van der Waals surface area contributed by atoms with Crippen LogP contribution in [-0.2, 0) is 0 Å². The Labute approximate surface area is 98.3 Å². The average molecular weight is 231 g/mol. The molecule has 0 aliphatic rings. The number of nitriles is 1. The summed E-state index contributed by atoms with van der Waals surface area (Å²) < 4.78 is 10.2. The van der Waals surface area contributed by atoms with E-state index in [1.807, 2.05) is 0 Å². The van der Waals surface area contributed by atoms with Gasteiger partial charge in [-0.05, 0) is 10.9 Å². The van der Waals surface area contributed by atoms with Gasteiger partial charge in [0.1, 0.15) is 6.61 Å². The molecule has 0 saturated heterocycles. The highest BCUT2D eigenvalue weighted by Crippen LogP contribution is 2.31. The summed E-state index contributed by atoms with van der Waals surface area (Å²) in [5, 5.41) is 22.5. The molecule has 0 spiro atoms. The van der Waals surface area contributed by atoms with E-state index in [1.54, 1.807) is 0 Å².